The summed E-state index contributed by atoms with van der Waals surface area (Å²) in [4.78, 5) is 12.4. The maximum Gasteiger partial charge on any atom is 0.220 e. The third-order valence-electron chi connectivity index (χ3n) is 5.01. The molecule has 0 saturated heterocycles. The van der Waals surface area contributed by atoms with Gasteiger partial charge in [0.1, 0.15) is 0 Å². The Morgan fingerprint density at radius 3 is 2.45 bits per heavy atom. The largest absolute Gasteiger partial charge is 0.349 e. The van der Waals surface area contributed by atoms with Crippen molar-refractivity contribution in [3.63, 3.8) is 0 Å². The standard InChI is InChI=1S/C18H26N2O.ClH/c1-12-5-7-13(8-6-12)18(14-9-10-14)20-17(21)11-15-3-2-4-16(15)19;/h5-8,14-16,18H,2-4,9-11,19H2,1H3,(H,20,21);1H/t15-,16+,18?;/m0./s1. The molecule has 2 aliphatic carbocycles. The van der Waals surface area contributed by atoms with E-state index in [1.807, 2.05) is 0 Å². The molecule has 3 rings (SSSR count). The molecule has 0 aromatic heterocycles. The summed E-state index contributed by atoms with van der Waals surface area (Å²) in [7, 11) is 0. The molecule has 2 saturated carbocycles. The molecule has 1 aromatic carbocycles. The Kier molecular flexibility index (Phi) is 5.87. The highest BCUT2D eigenvalue weighted by Crippen LogP contribution is 2.41. The molecule has 2 aliphatic rings. The van der Waals surface area contributed by atoms with Gasteiger partial charge in [-0.25, -0.2) is 0 Å². The van der Waals surface area contributed by atoms with Gasteiger partial charge in [-0.15, -0.1) is 12.4 Å². The van der Waals surface area contributed by atoms with Crippen molar-refractivity contribution in [2.75, 3.05) is 0 Å². The van der Waals surface area contributed by atoms with Crippen LogP contribution in [-0.4, -0.2) is 11.9 Å². The smallest absolute Gasteiger partial charge is 0.220 e. The van der Waals surface area contributed by atoms with Crippen LogP contribution in [0.15, 0.2) is 24.3 Å². The van der Waals surface area contributed by atoms with Crippen molar-refractivity contribution in [1.29, 1.82) is 0 Å². The topological polar surface area (TPSA) is 55.1 Å². The Bertz CT molecular complexity index is 498. The van der Waals surface area contributed by atoms with Gasteiger partial charge in [-0.2, -0.15) is 0 Å². The highest BCUT2D eigenvalue weighted by atomic mass is 35.5. The minimum absolute atomic E-state index is 0. The van der Waals surface area contributed by atoms with Crippen molar-refractivity contribution in [2.24, 2.45) is 17.6 Å². The summed E-state index contributed by atoms with van der Waals surface area (Å²) in [5.41, 5.74) is 8.58. The summed E-state index contributed by atoms with van der Waals surface area (Å²) in [6.07, 6.45) is 6.39. The molecular formula is C18H27ClN2O. The van der Waals surface area contributed by atoms with Gasteiger partial charge in [-0.05, 0) is 50.0 Å². The first kappa shape index (κ1) is 17.3. The highest BCUT2D eigenvalue weighted by molar-refractivity contribution is 5.85. The van der Waals surface area contributed by atoms with Crippen LogP contribution < -0.4 is 11.1 Å². The lowest BCUT2D eigenvalue weighted by atomic mass is 9.97. The van der Waals surface area contributed by atoms with Crippen LogP contribution in [0.3, 0.4) is 0 Å². The minimum Gasteiger partial charge on any atom is -0.349 e. The van der Waals surface area contributed by atoms with E-state index in [4.69, 9.17) is 5.73 Å². The van der Waals surface area contributed by atoms with Crippen LogP contribution in [0.5, 0.6) is 0 Å². The zero-order valence-corrected chi connectivity index (χ0v) is 14.1. The predicted octanol–water partition coefficient (Wildman–Crippen LogP) is 3.50. The summed E-state index contributed by atoms with van der Waals surface area (Å²) in [5.74, 6) is 1.17. The van der Waals surface area contributed by atoms with E-state index in [0.29, 0.717) is 18.3 Å². The SMILES string of the molecule is Cc1ccc(C(NC(=O)C[C@@H]2CCC[C@H]2N)C2CC2)cc1.Cl. The van der Waals surface area contributed by atoms with E-state index in [1.165, 1.54) is 30.4 Å². The number of carbonyl (C=O) groups excluding carboxylic acids is 1. The summed E-state index contributed by atoms with van der Waals surface area (Å²) in [5, 5.41) is 3.27. The number of aryl methyl sites for hydroxylation is 1. The zero-order chi connectivity index (χ0) is 14.8. The number of halogens is 1. The van der Waals surface area contributed by atoms with Crippen LogP contribution in [0.1, 0.15) is 55.7 Å². The minimum atomic E-state index is 0. The molecular weight excluding hydrogens is 296 g/mol. The van der Waals surface area contributed by atoms with Crippen LogP contribution in [0, 0.1) is 18.8 Å². The second-order valence-corrected chi connectivity index (χ2v) is 6.85. The number of carbonyl (C=O) groups is 1. The molecule has 1 amide bonds. The second kappa shape index (κ2) is 7.47. The van der Waals surface area contributed by atoms with Gasteiger partial charge in [0, 0.05) is 12.5 Å². The average molecular weight is 323 g/mol. The van der Waals surface area contributed by atoms with Crippen LogP contribution in [0.4, 0.5) is 0 Å². The van der Waals surface area contributed by atoms with E-state index in [-0.39, 0.29) is 30.4 Å². The van der Waals surface area contributed by atoms with E-state index >= 15 is 0 Å². The number of nitrogens with one attached hydrogen (secondary N) is 1. The first-order valence-electron chi connectivity index (χ1n) is 8.25. The van der Waals surface area contributed by atoms with Gasteiger partial charge in [0.25, 0.3) is 0 Å². The molecule has 122 valence electrons. The number of benzene rings is 1. The van der Waals surface area contributed by atoms with Crippen molar-refractivity contribution >= 4 is 18.3 Å². The predicted molar refractivity (Wildman–Crippen MR) is 92.0 cm³/mol. The number of hydrogen-bond acceptors (Lipinski definition) is 2. The molecule has 1 unspecified atom stereocenters. The molecule has 2 fully saturated rings. The number of hydrogen-bond donors (Lipinski definition) is 2. The third kappa shape index (κ3) is 4.23. The van der Waals surface area contributed by atoms with Crippen molar-refractivity contribution in [1.82, 2.24) is 5.32 Å². The molecule has 3 atom stereocenters. The van der Waals surface area contributed by atoms with Gasteiger partial charge in [0.15, 0.2) is 0 Å². The molecule has 0 heterocycles. The molecule has 0 aliphatic heterocycles. The molecule has 3 N–H and O–H groups in total. The van der Waals surface area contributed by atoms with Crippen molar-refractivity contribution < 1.29 is 4.79 Å². The van der Waals surface area contributed by atoms with Gasteiger partial charge in [0.2, 0.25) is 5.91 Å². The molecule has 0 spiro atoms. The second-order valence-electron chi connectivity index (χ2n) is 6.85. The van der Waals surface area contributed by atoms with Crippen LogP contribution in [-0.2, 0) is 4.79 Å². The van der Waals surface area contributed by atoms with E-state index in [1.54, 1.807) is 0 Å². The van der Waals surface area contributed by atoms with Crippen molar-refractivity contribution in [3.8, 4) is 0 Å². The molecule has 1 aromatic rings. The molecule has 3 nitrogen and oxygen atoms in total. The maximum absolute atomic E-state index is 12.4. The van der Waals surface area contributed by atoms with Crippen LogP contribution in [0.2, 0.25) is 0 Å². The van der Waals surface area contributed by atoms with Gasteiger partial charge >= 0.3 is 0 Å². The fourth-order valence-electron chi connectivity index (χ4n) is 3.47. The quantitative estimate of drug-likeness (QED) is 0.871. The Balaban J connectivity index is 0.00000176. The summed E-state index contributed by atoms with van der Waals surface area (Å²) < 4.78 is 0. The molecule has 22 heavy (non-hydrogen) atoms. The first-order chi connectivity index (χ1) is 10.1. The van der Waals surface area contributed by atoms with E-state index in [2.05, 4.69) is 36.5 Å². The number of amides is 1. The maximum atomic E-state index is 12.4. The third-order valence-corrected chi connectivity index (χ3v) is 5.01. The lowest BCUT2D eigenvalue weighted by molar-refractivity contribution is -0.123. The summed E-state index contributed by atoms with van der Waals surface area (Å²) in [6, 6.07) is 8.97. The molecule has 4 heteroatoms. The van der Waals surface area contributed by atoms with Gasteiger partial charge in [0.05, 0.1) is 6.04 Å². The monoisotopic (exact) mass is 322 g/mol. The van der Waals surface area contributed by atoms with Crippen LogP contribution >= 0.6 is 12.4 Å². The summed E-state index contributed by atoms with van der Waals surface area (Å²) in [6.45, 7) is 2.09. The van der Waals surface area contributed by atoms with Crippen molar-refractivity contribution in [2.45, 2.75) is 57.5 Å². The molecule has 0 bridgehead atoms. The Labute approximate surface area is 139 Å². The Morgan fingerprint density at radius 2 is 1.91 bits per heavy atom. The molecule has 0 radical (unpaired) electrons. The van der Waals surface area contributed by atoms with Gasteiger partial charge in [-0.3, -0.25) is 4.79 Å². The lowest BCUT2D eigenvalue weighted by Crippen LogP contribution is -2.34. The van der Waals surface area contributed by atoms with Crippen LogP contribution in [0.25, 0.3) is 0 Å². The number of nitrogens with two attached hydrogens (primary N) is 1. The lowest BCUT2D eigenvalue weighted by Gasteiger charge is -2.21. The van der Waals surface area contributed by atoms with E-state index in [0.717, 1.165) is 12.8 Å². The summed E-state index contributed by atoms with van der Waals surface area (Å²) >= 11 is 0. The fourth-order valence-corrected chi connectivity index (χ4v) is 3.47. The van der Waals surface area contributed by atoms with Gasteiger partial charge < -0.3 is 11.1 Å². The van der Waals surface area contributed by atoms with E-state index < -0.39 is 0 Å². The average Bonchev–Trinajstić information content (AvgIpc) is 3.23. The normalized spacial score (nSPS) is 25.4. The number of rotatable bonds is 5. The Morgan fingerprint density at radius 1 is 1.23 bits per heavy atom. The highest BCUT2D eigenvalue weighted by Gasteiger charge is 2.34. The van der Waals surface area contributed by atoms with Gasteiger partial charge in [-0.1, -0.05) is 36.2 Å². The first-order valence-corrected chi connectivity index (χ1v) is 8.25. The van der Waals surface area contributed by atoms with E-state index in [9.17, 15) is 4.79 Å². The van der Waals surface area contributed by atoms with Crippen molar-refractivity contribution in [3.05, 3.63) is 35.4 Å². The fraction of sp³-hybridized carbons (Fsp3) is 0.611. The zero-order valence-electron chi connectivity index (χ0n) is 13.3. The Hall–Kier alpha value is -1.06.